The van der Waals surface area contributed by atoms with Gasteiger partial charge in [-0.1, -0.05) is 22.9 Å². The Morgan fingerprint density at radius 2 is 1.67 bits per heavy atom. The Hall–Kier alpha value is -0.0500. The highest BCUT2D eigenvalue weighted by Crippen LogP contribution is 2.56. The van der Waals surface area contributed by atoms with Crippen molar-refractivity contribution in [2.75, 3.05) is 13.6 Å². The van der Waals surface area contributed by atoms with Gasteiger partial charge < -0.3 is 4.90 Å². The zero-order valence-corrected chi connectivity index (χ0v) is 13.0. The highest BCUT2D eigenvalue weighted by molar-refractivity contribution is 9.09. The molecule has 0 aromatic carbocycles. The first-order chi connectivity index (χ1) is 8.54. The van der Waals surface area contributed by atoms with Crippen LogP contribution >= 0.6 is 15.9 Å². The van der Waals surface area contributed by atoms with E-state index in [0.29, 0.717) is 28.5 Å². The molecular weight excluding hydrogens is 290 g/mol. The highest BCUT2D eigenvalue weighted by atomic mass is 79.9. The van der Waals surface area contributed by atoms with Crippen molar-refractivity contribution in [3.63, 3.8) is 0 Å². The molecule has 1 atom stereocenters. The summed E-state index contributed by atoms with van der Waals surface area (Å²) in [4.78, 5) is 15.0. The minimum absolute atomic E-state index is 0.356. The molecule has 4 saturated carbocycles. The van der Waals surface area contributed by atoms with Gasteiger partial charge in [0.15, 0.2) is 0 Å². The van der Waals surface area contributed by atoms with Gasteiger partial charge in [0.2, 0.25) is 5.91 Å². The molecule has 4 bridgehead atoms. The average Bonchev–Trinajstić information content (AvgIpc) is 2.26. The maximum atomic E-state index is 12.7. The van der Waals surface area contributed by atoms with E-state index in [9.17, 15) is 4.79 Å². The van der Waals surface area contributed by atoms with Crippen LogP contribution in [0.2, 0.25) is 0 Å². The van der Waals surface area contributed by atoms with Crippen LogP contribution in [-0.4, -0.2) is 29.2 Å². The number of hydrogen-bond donors (Lipinski definition) is 0. The van der Waals surface area contributed by atoms with Crippen molar-refractivity contribution in [1.82, 2.24) is 4.90 Å². The molecule has 0 radical (unpaired) electrons. The maximum absolute atomic E-state index is 12.7. The highest BCUT2D eigenvalue weighted by Gasteiger charge is 2.51. The van der Waals surface area contributed by atoms with Crippen molar-refractivity contribution >= 4 is 21.8 Å². The lowest BCUT2D eigenvalue weighted by atomic mass is 9.51. The summed E-state index contributed by atoms with van der Waals surface area (Å²) in [5.41, 5.74) is 0. The van der Waals surface area contributed by atoms with Gasteiger partial charge in [-0.3, -0.25) is 4.79 Å². The average molecular weight is 314 g/mol. The van der Waals surface area contributed by atoms with Crippen LogP contribution in [0.1, 0.15) is 39.0 Å². The molecule has 3 heteroatoms. The fraction of sp³-hybridized carbons (Fsp3) is 0.933. The first-order valence-corrected chi connectivity index (χ1v) is 8.35. The summed E-state index contributed by atoms with van der Waals surface area (Å²) >= 11 is 3.55. The number of halogens is 1. The standard InChI is InChI=1S/C15H24BrNO/c1-9(16)8-17(2)15(18)14-12-4-10-3-11(6-12)7-13(14)5-10/h9-14H,3-8H2,1-2H3. The maximum Gasteiger partial charge on any atom is 0.226 e. The van der Waals surface area contributed by atoms with E-state index in [1.54, 1.807) is 0 Å². The molecule has 0 spiro atoms. The lowest BCUT2D eigenvalue weighted by Gasteiger charge is -2.54. The number of rotatable bonds is 3. The Morgan fingerprint density at radius 3 is 2.11 bits per heavy atom. The Labute approximate surface area is 119 Å². The number of hydrogen-bond acceptors (Lipinski definition) is 1. The van der Waals surface area contributed by atoms with E-state index in [2.05, 4.69) is 22.9 Å². The van der Waals surface area contributed by atoms with E-state index in [1.807, 2.05) is 11.9 Å². The molecule has 4 rings (SSSR count). The molecule has 0 aromatic heterocycles. The number of carbonyl (C=O) groups excluding carboxylic acids is 1. The number of amides is 1. The van der Waals surface area contributed by atoms with Gasteiger partial charge in [0.1, 0.15) is 0 Å². The quantitative estimate of drug-likeness (QED) is 0.732. The summed E-state index contributed by atoms with van der Waals surface area (Å²) in [6.45, 7) is 2.95. The van der Waals surface area contributed by atoms with E-state index < -0.39 is 0 Å². The number of nitrogens with zero attached hydrogens (tertiary/aromatic N) is 1. The lowest BCUT2D eigenvalue weighted by Crippen LogP contribution is -2.51. The molecule has 4 aliphatic rings. The van der Waals surface area contributed by atoms with E-state index in [-0.39, 0.29) is 0 Å². The molecule has 4 aliphatic carbocycles. The summed E-state index contributed by atoms with van der Waals surface area (Å²) < 4.78 is 0. The minimum Gasteiger partial charge on any atom is -0.344 e. The van der Waals surface area contributed by atoms with Gasteiger partial charge in [-0.05, 0) is 55.8 Å². The SMILES string of the molecule is CC(Br)CN(C)C(=O)C1C2CC3CC(C2)CC1C3. The Kier molecular flexibility index (Phi) is 3.46. The summed E-state index contributed by atoms with van der Waals surface area (Å²) in [5.74, 6) is 4.11. The van der Waals surface area contributed by atoms with Gasteiger partial charge in [0.05, 0.1) is 0 Å². The molecule has 0 heterocycles. The predicted molar refractivity (Wildman–Crippen MR) is 76.6 cm³/mol. The summed E-state index contributed by atoms with van der Waals surface area (Å²) in [6.07, 6.45) is 6.80. The molecular formula is C15H24BrNO. The zero-order chi connectivity index (χ0) is 12.9. The molecule has 1 amide bonds. The van der Waals surface area contributed by atoms with Gasteiger partial charge in [-0.2, -0.15) is 0 Å². The van der Waals surface area contributed by atoms with Crippen molar-refractivity contribution in [3.05, 3.63) is 0 Å². The summed E-state index contributed by atoms with van der Waals surface area (Å²) in [5, 5.41) is 0. The topological polar surface area (TPSA) is 20.3 Å². The van der Waals surface area contributed by atoms with Gasteiger partial charge >= 0.3 is 0 Å². The predicted octanol–water partition coefficient (Wildman–Crippen LogP) is 3.30. The van der Waals surface area contributed by atoms with Crippen molar-refractivity contribution in [2.24, 2.45) is 29.6 Å². The van der Waals surface area contributed by atoms with Crippen LogP contribution in [-0.2, 0) is 4.79 Å². The second kappa shape index (κ2) is 4.81. The normalized spacial score (nSPS) is 42.9. The smallest absolute Gasteiger partial charge is 0.226 e. The third-order valence-corrected chi connectivity index (χ3v) is 5.70. The van der Waals surface area contributed by atoms with Crippen LogP contribution in [0.4, 0.5) is 0 Å². The summed E-state index contributed by atoms with van der Waals surface area (Å²) in [6, 6.07) is 0. The second-order valence-electron chi connectivity index (χ2n) is 6.96. The van der Waals surface area contributed by atoms with Crippen molar-refractivity contribution in [2.45, 2.75) is 43.9 Å². The molecule has 0 aliphatic heterocycles. The Balaban J connectivity index is 1.70. The van der Waals surface area contributed by atoms with E-state index in [4.69, 9.17) is 0 Å². The molecule has 0 saturated heterocycles. The van der Waals surface area contributed by atoms with Gasteiger partial charge in [0.25, 0.3) is 0 Å². The van der Waals surface area contributed by atoms with E-state index in [1.165, 1.54) is 32.1 Å². The first-order valence-electron chi connectivity index (χ1n) is 7.43. The molecule has 1 unspecified atom stereocenters. The zero-order valence-electron chi connectivity index (χ0n) is 11.4. The van der Waals surface area contributed by atoms with E-state index >= 15 is 0 Å². The molecule has 18 heavy (non-hydrogen) atoms. The largest absolute Gasteiger partial charge is 0.344 e. The van der Waals surface area contributed by atoms with Crippen molar-refractivity contribution in [3.8, 4) is 0 Å². The van der Waals surface area contributed by atoms with Crippen LogP contribution in [0.3, 0.4) is 0 Å². The minimum atomic E-state index is 0.356. The molecule has 0 N–H and O–H groups in total. The number of alkyl halides is 1. The fourth-order valence-corrected chi connectivity index (χ4v) is 5.48. The van der Waals surface area contributed by atoms with Crippen molar-refractivity contribution in [1.29, 1.82) is 0 Å². The lowest BCUT2D eigenvalue weighted by molar-refractivity contribution is -0.147. The molecule has 2 nitrogen and oxygen atoms in total. The Morgan fingerprint density at radius 1 is 1.17 bits per heavy atom. The van der Waals surface area contributed by atoms with Gasteiger partial charge in [-0.25, -0.2) is 0 Å². The first kappa shape index (κ1) is 13.0. The van der Waals surface area contributed by atoms with Gasteiger partial charge in [-0.15, -0.1) is 0 Å². The van der Waals surface area contributed by atoms with Crippen LogP contribution < -0.4 is 0 Å². The summed E-state index contributed by atoms with van der Waals surface area (Å²) in [7, 11) is 1.98. The molecule has 0 aromatic rings. The van der Waals surface area contributed by atoms with Crippen LogP contribution in [0.25, 0.3) is 0 Å². The fourth-order valence-electron chi connectivity index (χ4n) is 5.05. The Bertz CT molecular complexity index is 313. The number of carbonyl (C=O) groups is 1. The van der Waals surface area contributed by atoms with Crippen LogP contribution in [0.5, 0.6) is 0 Å². The molecule has 102 valence electrons. The van der Waals surface area contributed by atoms with Gasteiger partial charge in [0, 0.05) is 24.3 Å². The van der Waals surface area contributed by atoms with E-state index in [0.717, 1.165) is 18.4 Å². The third kappa shape index (κ3) is 2.23. The molecule has 4 fully saturated rings. The monoisotopic (exact) mass is 313 g/mol. The van der Waals surface area contributed by atoms with Crippen molar-refractivity contribution < 1.29 is 4.79 Å². The second-order valence-corrected chi connectivity index (χ2v) is 8.52. The van der Waals surface area contributed by atoms with Crippen LogP contribution in [0, 0.1) is 29.6 Å². The van der Waals surface area contributed by atoms with Crippen LogP contribution in [0.15, 0.2) is 0 Å². The third-order valence-electron chi connectivity index (χ3n) is 5.41.